The molecule has 0 saturated carbocycles. The van der Waals surface area contributed by atoms with E-state index >= 15 is 0 Å². The molecule has 0 N–H and O–H groups in total. The molecule has 1 rings (SSSR count). The van der Waals surface area contributed by atoms with Crippen LogP contribution in [0.5, 0.6) is 0 Å². The van der Waals surface area contributed by atoms with Gasteiger partial charge >= 0.3 is 8.80 Å². The molecular weight excluding hydrogens is 200 g/mol. The molecule has 5 heteroatoms. The molecule has 1 fully saturated rings. The Balaban J connectivity index is 2.62. The molecular formula is C9H20O4Si. The maximum Gasteiger partial charge on any atom is 0.500 e. The van der Waals surface area contributed by atoms with Crippen LogP contribution in [0.3, 0.4) is 0 Å². The predicted molar refractivity (Wildman–Crippen MR) is 55.1 cm³/mol. The Hall–Kier alpha value is 0.0569. The predicted octanol–water partition coefficient (Wildman–Crippen LogP) is 1.29. The van der Waals surface area contributed by atoms with Crippen LogP contribution in [0.1, 0.15) is 13.3 Å². The van der Waals surface area contributed by atoms with E-state index in [2.05, 4.69) is 6.92 Å². The van der Waals surface area contributed by atoms with Gasteiger partial charge in [0.05, 0.1) is 13.2 Å². The monoisotopic (exact) mass is 220 g/mol. The van der Waals surface area contributed by atoms with Gasteiger partial charge in [-0.25, -0.2) is 0 Å². The molecule has 14 heavy (non-hydrogen) atoms. The maximum absolute atomic E-state index is 5.41. The van der Waals surface area contributed by atoms with Gasteiger partial charge in [0.2, 0.25) is 0 Å². The number of hydrogen-bond acceptors (Lipinski definition) is 4. The Kier molecular flexibility index (Phi) is 4.09. The Morgan fingerprint density at radius 1 is 1.14 bits per heavy atom. The summed E-state index contributed by atoms with van der Waals surface area (Å²) in [5.74, 6) is 0. The summed E-state index contributed by atoms with van der Waals surface area (Å²) in [5, 5.41) is 0. The van der Waals surface area contributed by atoms with Crippen LogP contribution in [0, 0.1) is 5.41 Å². The van der Waals surface area contributed by atoms with Gasteiger partial charge in [-0.2, -0.15) is 0 Å². The van der Waals surface area contributed by atoms with Crippen molar-refractivity contribution in [2.75, 3.05) is 34.5 Å². The molecule has 0 spiro atoms. The fourth-order valence-corrected chi connectivity index (χ4v) is 4.05. The second kappa shape index (κ2) is 4.72. The quantitative estimate of drug-likeness (QED) is 0.632. The molecule has 0 aromatic carbocycles. The highest BCUT2D eigenvalue weighted by molar-refractivity contribution is 6.60. The first kappa shape index (κ1) is 12.1. The maximum atomic E-state index is 5.41. The van der Waals surface area contributed by atoms with Crippen LogP contribution in [-0.2, 0) is 18.0 Å². The number of rotatable bonds is 6. The lowest BCUT2D eigenvalue weighted by Crippen LogP contribution is -2.53. The molecule has 0 radical (unpaired) electrons. The molecule has 0 aromatic heterocycles. The third-order valence-electron chi connectivity index (χ3n) is 3.09. The Labute approximate surface area is 86.9 Å². The van der Waals surface area contributed by atoms with E-state index in [1.54, 1.807) is 21.3 Å². The number of ether oxygens (including phenoxy) is 1. The highest BCUT2D eigenvalue weighted by Crippen LogP contribution is 2.39. The van der Waals surface area contributed by atoms with Crippen LogP contribution in [0.25, 0.3) is 0 Å². The molecule has 1 aliphatic rings. The van der Waals surface area contributed by atoms with Gasteiger partial charge in [0.25, 0.3) is 0 Å². The van der Waals surface area contributed by atoms with Crippen LogP contribution >= 0.6 is 0 Å². The van der Waals surface area contributed by atoms with Crippen molar-refractivity contribution in [3.8, 4) is 0 Å². The molecule has 0 bridgehead atoms. The lowest BCUT2D eigenvalue weighted by molar-refractivity contribution is -0.111. The highest BCUT2D eigenvalue weighted by atomic mass is 28.4. The highest BCUT2D eigenvalue weighted by Gasteiger charge is 2.50. The van der Waals surface area contributed by atoms with Gasteiger partial charge in [-0.15, -0.1) is 0 Å². The standard InChI is InChI=1S/C9H20O4Si/c1-5-9(6-13-7-9)8-14(10-2,11-3)12-4/h5-8H2,1-4H3. The summed E-state index contributed by atoms with van der Waals surface area (Å²) in [5.41, 5.74) is 0.217. The van der Waals surface area contributed by atoms with Crippen LogP contribution in [0.15, 0.2) is 0 Å². The zero-order valence-electron chi connectivity index (χ0n) is 9.46. The van der Waals surface area contributed by atoms with Crippen LogP contribution in [0.2, 0.25) is 6.04 Å². The molecule has 84 valence electrons. The van der Waals surface area contributed by atoms with Crippen molar-refractivity contribution in [2.45, 2.75) is 19.4 Å². The average molecular weight is 220 g/mol. The Morgan fingerprint density at radius 3 is 1.86 bits per heavy atom. The van der Waals surface area contributed by atoms with Gasteiger partial charge in [0.1, 0.15) is 0 Å². The lowest BCUT2D eigenvalue weighted by atomic mass is 9.85. The zero-order valence-corrected chi connectivity index (χ0v) is 10.5. The van der Waals surface area contributed by atoms with Crippen molar-refractivity contribution in [3.05, 3.63) is 0 Å². The van der Waals surface area contributed by atoms with Gasteiger partial charge in [-0.05, 0) is 6.42 Å². The molecule has 1 aliphatic heterocycles. The second-order valence-electron chi connectivity index (χ2n) is 3.82. The molecule has 0 amide bonds. The average Bonchev–Trinajstić information content (AvgIpc) is 2.19. The van der Waals surface area contributed by atoms with E-state index in [0.717, 1.165) is 25.7 Å². The van der Waals surface area contributed by atoms with Crippen molar-refractivity contribution < 1.29 is 18.0 Å². The van der Waals surface area contributed by atoms with E-state index in [0.29, 0.717) is 0 Å². The van der Waals surface area contributed by atoms with E-state index in [9.17, 15) is 0 Å². The topological polar surface area (TPSA) is 36.9 Å². The van der Waals surface area contributed by atoms with Crippen molar-refractivity contribution in [2.24, 2.45) is 5.41 Å². The summed E-state index contributed by atoms with van der Waals surface area (Å²) < 4.78 is 21.5. The SMILES string of the molecule is CCC1(C[Si](OC)(OC)OC)COC1. The van der Waals surface area contributed by atoms with Crippen molar-refractivity contribution in [3.63, 3.8) is 0 Å². The molecule has 1 heterocycles. The fourth-order valence-electron chi connectivity index (χ4n) is 1.75. The summed E-state index contributed by atoms with van der Waals surface area (Å²) in [6, 6.07) is 0.847. The van der Waals surface area contributed by atoms with Gasteiger partial charge in [0.15, 0.2) is 0 Å². The smallest absolute Gasteiger partial charge is 0.380 e. The summed E-state index contributed by atoms with van der Waals surface area (Å²) in [6.07, 6.45) is 1.08. The first-order chi connectivity index (χ1) is 6.66. The molecule has 0 unspecified atom stereocenters. The molecule has 4 nitrogen and oxygen atoms in total. The van der Waals surface area contributed by atoms with E-state index in [4.69, 9.17) is 18.0 Å². The van der Waals surface area contributed by atoms with E-state index in [1.807, 2.05) is 0 Å². The third-order valence-corrected chi connectivity index (χ3v) is 6.14. The van der Waals surface area contributed by atoms with E-state index in [-0.39, 0.29) is 5.41 Å². The Bertz CT molecular complexity index is 164. The van der Waals surface area contributed by atoms with Crippen LogP contribution in [-0.4, -0.2) is 43.3 Å². The second-order valence-corrected chi connectivity index (χ2v) is 6.76. The molecule has 0 atom stereocenters. The van der Waals surface area contributed by atoms with Gasteiger partial charge in [0, 0.05) is 32.8 Å². The summed E-state index contributed by atoms with van der Waals surface area (Å²) in [4.78, 5) is 0. The van der Waals surface area contributed by atoms with Crippen LogP contribution in [0.4, 0.5) is 0 Å². The first-order valence-corrected chi connectivity index (χ1v) is 6.82. The minimum absolute atomic E-state index is 0.217. The van der Waals surface area contributed by atoms with E-state index in [1.165, 1.54) is 0 Å². The van der Waals surface area contributed by atoms with Crippen LogP contribution < -0.4 is 0 Å². The molecule has 1 saturated heterocycles. The van der Waals surface area contributed by atoms with Gasteiger partial charge < -0.3 is 18.0 Å². The van der Waals surface area contributed by atoms with Gasteiger partial charge in [-0.3, -0.25) is 0 Å². The van der Waals surface area contributed by atoms with Crippen molar-refractivity contribution in [1.82, 2.24) is 0 Å². The number of hydrogen-bond donors (Lipinski definition) is 0. The van der Waals surface area contributed by atoms with E-state index < -0.39 is 8.80 Å². The molecule has 0 aliphatic carbocycles. The fraction of sp³-hybridized carbons (Fsp3) is 1.00. The van der Waals surface area contributed by atoms with Crippen molar-refractivity contribution >= 4 is 8.80 Å². The third kappa shape index (κ3) is 2.17. The first-order valence-electron chi connectivity index (χ1n) is 4.89. The molecule has 0 aromatic rings. The van der Waals surface area contributed by atoms with Gasteiger partial charge in [-0.1, -0.05) is 6.92 Å². The minimum Gasteiger partial charge on any atom is -0.380 e. The Morgan fingerprint density at radius 2 is 1.64 bits per heavy atom. The summed E-state index contributed by atoms with van der Waals surface area (Å²) >= 11 is 0. The normalized spacial score (nSPS) is 20.6. The van der Waals surface area contributed by atoms with Crippen molar-refractivity contribution in [1.29, 1.82) is 0 Å². The minimum atomic E-state index is -2.42. The largest absolute Gasteiger partial charge is 0.500 e. The summed E-state index contributed by atoms with van der Waals surface area (Å²) in [6.45, 7) is 3.77. The summed E-state index contributed by atoms with van der Waals surface area (Å²) in [7, 11) is 2.54. The lowest BCUT2D eigenvalue weighted by Gasteiger charge is -2.44. The zero-order chi connectivity index (χ0) is 10.7.